The molecule has 2 rings (SSSR count). The van der Waals surface area contributed by atoms with Crippen LogP contribution >= 0.6 is 0 Å². The summed E-state index contributed by atoms with van der Waals surface area (Å²) in [6, 6.07) is 5.88. The maximum absolute atomic E-state index is 12.3. The van der Waals surface area contributed by atoms with Gasteiger partial charge in [0.15, 0.2) is 6.10 Å². The average molecular weight is 376 g/mol. The monoisotopic (exact) mass is 376 g/mol. The molecule has 27 heavy (non-hydrogen) atoms. The van der Waals surface area contributed by atoms with Crippen LogP contribution in [0, 0.1) is 0 Å². The third-order valence-electron chi connectivity index (χ3n) is 4.28. The van der Waals surface area contributed by atoms with Gasteiger partial charge in [0.2, 0.25) is 0 Å². The van der Waals surface area contributed by atoms with Crippen LogP contribution in [0.15, 0.2) is 45.1 Å². The second-order valence-electron chi connectivity index (χ2n) is 6.78. The molecule has 2 N–H and O–H groups in total. The summed E-state index contributed by atoms with van der Waals surface area (Å²) in [4.78, 5) is 23.8. The summed E-state index contributed by atoms with van der Waals surface area (Å²) in [5.41, 5.74) is -1.09. The largest absolute Gasteiger partial charge is 0.496 e. The quantitative estimate of drug-likeness (QED) is 0.453. The predicted octanol–water partition coefficient (Wildman–Crippen LogP) is 2.48. The van der Waals surface area contributed by atoms with E-state index in [1.807, 2.05) is 0 Å². The van der Waals surface area contributed by atoms with Gasteiger partial charge < -0.3 is 24.1 Å². The molecular weight excluding hydrogens is 352 g/mol. The number of benzene rings is 1. The molecule has 7 nitrogen and oxygen atoms in total. The van der Waals surface area contributed by atoms with Crippen LogP contribution in [0.1, 0.15) is 39.4 Å². The van der Waals surface area contributed by atoms with Gasteiger partial charge in [0, 0.05) is 28.7 Å². The lowest BCUT2D eigenvalue weighted by Crippen LogP contribution is -2.42. The summed E-state index contributed by atoms with van der Waals surface area (Å²) < 4.78 is 16.0. The normalized spacial score (nSPS) is 14.7. The summed E-state index contributed by atoms with van der Waals surface area (Å²) in [7, 11) is 1.40. The van der Waals surface area contributed by atoms with Gasteiger partial charge >= 0.3 is 11.6 Å². The highest BCUT2D eigenvalue weighted by Gasteiger charge is 2.38. The lowest BCUT2D eigenvalue weighted by Gasteiger charge is -2.32. The smallest absolute Gasteiger partial charge is 0.336 e. The molecule has 1 heterocycles. The van der Waals surface area contributed by atoms with Crippen molar-refractivity contribution in [3.63, 3.8) is 0 Å². The van der Waals surface area contributed by atoms with Crippen molar-refractivity contribution >= 4 is 16.9 Å². The molecule has 0 saturated carbocycles. The maximum atomic E-state index is 12.3. The third-order valence-corrected chi connectivity index (χ3v) is 4.28. The number of rotatable bonds is 6. The molecule has 0 radical (unpaired) electrons. The minimum atomic E-state index is -1.56. The minimum absolute atomic E-state index is 0.246. The Morgan fingerprint density at radius 3 is 2.52 bits per heavy atom. The third kappa shape index (κ3) is 4.56. The molecule has 1 aromatic heterocycles. The SMILES string of the molecule is C/C=C(/C)C(=O)O[C@@H](c1cc2ccc(=O)oc2cc1OC)[C@H](O)C(C)(C)O. The predicted molar refractivity (Wildman–Crippen MR) is 99.6 cm³/mol. The Hall–Kier alpha value is -2.64. The van der Waals surface area contributed by atoms with Gasteiger partial charge in [-0.15, -0.1) is 0 Å². The zero-order valence-corrected chi connectivity index (χ0v) is 16.0. The molecule has 0 unspecified atom stereocenters. The molecule has 0 aliphatic rings. The number of methoxy groups -OCH3 is 1. The number of hydrogen-bond acceptors (Lipinski definition) is 7. The fraction of sp³-hybridized carbons (Fsp3) is 0.400. The van der Waals surface area contributed by atoms with Gasteiger partial charge in [0.1, 0.15) is 17.4 Å². The van der Waals surface area contributed by atoms with Crippen molar-refractivity contribution in [3.8, 4) is 5.75 Å². The van der Waals surface area contributed by atoms with Crippen LogP contribution in [0.2, 0.25) is 0 Å². The van der Waals surface area contributed by atoms with Gasteiger partial charge in [-0.2, -0.15) is 0 Å². The average Bonchev–Trinajstić information content (AvgIpc) is 2.62. The molecule has 146 valence electrons. The van der Waals surface area contributed by atoms with Crippen LogP contribution in [-0.2, 0) is 9.53 Å². The van der Waals surface area contributed by atoms with Crippen LogP contribution in [0.4, 0.5) is 0 Å². The van der Waals surface area contributed by atoms with Crippen molar-refractivity contribution in [2.75, 3.05) is 7.11 Å². The zero-order valence-electron chi connectivity index (χ0n) is 16.0. The van der Waals surface area contributed by atoms with Crippen LogP contribution in [0.5, 0.6) is 5.75 Å². The van der Waals surface area contributed by atoms with Gasteiger partial charge in [-0.05, 0) is 39.8 Å². The molecule has 0 fully saturated rings. The number of fused-ring (bicyclic) bond motifs is 1. The first-order valence-corrected chi connectivity index (χ1v) is 8.44. The molecule has 0 aliphatic heterocycles. The van der Waals surface area contributed by atoms with Crippen LogP contribution < -0.4 is 10.4 Å². The number of ether oxygens (including phenoxy) is 2. The summed E-state index contributed by atoms with van der Waals surface area (Å²) in [6.07, 6.45) is -1.06. The van der Waals surface area contributed by atoms with E-state index in [1.165, 1.54) is 33.1 Å². The Morgan fingerprint density at radius 1 is 1.30 bits per heavy atom. The summed E-state index contributed by atoms with van der Waals surface area (Å²) in [5, 5.41) is 21.5. The fourth-order valence-corrected chi connectivity index (χ4v) is 2.51. The van der Waals surface area contributed by atoms with E-state index < -0.39 is 29.4 Å². The number of allylic oxidation sites excluding steroid dienone is 1. The Balaban J connectivity index is 2.64. The Morgan fingerprint density at radius 2 is 1.96 bits per heavy atom. The molecule has 1 aromatic carbocycles. The first-order chi connectivity index (χ1) is 12.6. The molecule has 2 aromatic rings. The summed E-state index contributed by atoms with van der Waals surface area (Å²) in [5.74, 6) is -0.386. The maximum Gasteiger partial charge on any atom is 0.336 e. The van der Waals surface area contributed by atoms with E-state index in [9.17, 15) is 19.8 Å². The minimum Gasteiger partial charge on any atom is -0.496 e. The van der Waals surface area contributed by atoms with E-state index in [-0.39, 0.29) is 11.3 Å². The number of carbonyl (C=O) groups is 1. The van der Waals surface area contributed by atoms with E-state index >= 15 is 0 Å². The van der Waals surface area contributed by atoms with Crippen LogP contribution in [0.3, 0.4) is 0 Å². The lowest BCUT2D eigenvalue weighted by atomic mass is 9.91. The molecule has 0 spiro atoms. The number of aliphatic hydroxyl groups excluding tert-OH is 1. The van der Waals surface area contributed by atoms with E-state index in [0.29, 0.717) is 16.5 Å². The highest BCUT2D eigenvalue weighted by atomic mass is 16.6. The highest BCUT2D eigenvalue weighted by molar-refractivity contribution is 5.88. The van der Waals surface area contributed by atoms with Gasteiger partial charge in [-0.1, -0.05) is 6.08 Å². The highest BCUT2D eigenvalue weighted by Crippen LogP contribution is 2.37. The molecular formula is C20H24O7. The molecule has 0 amide bonds. The molecule has 0 bridgehead atoms. The van der Waals surface area contributed by atoms with Gasteiger partial charge in [-0.25, -0.2) is 9.59 Å². The first-order valence-electron chi connectivity index (χ1n) is 8.44. The van der Waals surface area contributed by atoms with Crippen molar-refractivity contribution in [1.82, 2.24) is 0 Å². The number of aliphatic hydroxyl groups is 2. The van der Waals surface area contributed by atoms with Gasteiger partial charge in [0.05, 0.1) is 12.7 Å². The standard InChI is InChI=1S/C20H24O7/c1-6-11(2)19(23)27-17(18(22)20(3,4)24)13-9-12-7-8-16(21)26-14(12)10-15(13)25-5/h6-10,17-18,22,24H,1-5H3/b11-6-/t17-,18-/m0/s1. The van der Waals surface area contributed by atoms with Crippen molar-refractivity contribution in [1.29, 1.82) is 0 Å². The topological polar surface area (TPSA) is 106 Å². The fourth-order valence-electron chi connectivity index (χ4n) is 2.51. The Bertz CT molecular complexity index is 918. The van der Waals surface area contributed by atoms with E-state index in [2.05, 4.69) is 0 Å². The molecule has 0 saturated heterocycles. The van der Waals surface area contributed by atoms with Gasteiger partial charge in [0.25, 0.3) is 0 Å². The number of hydrogen-bond donors (Lipinski definition) is 2. The van der Waals surface area contributed by atoms with Crippen molar-refractivity contribution in [2.45, 2.75) is 45.5 Å². The van der Waals surface area contributed by atoms with E-state index in [0.717, 1.165) is 0 Å². The molecule has 2 atom stereocenters. The molecule has 0 aliphatic carbocycles. The second kappa shape index (κ2) is 7.94. The summed E-state index contributed by atoms with van der Waals surface area (Å²) in [6.45, 7) is 6.10. The van der Waals surface area contributed by atoms with Gasteiger partial charge in [-0.3, -0.25) is 0 Å². The molecule has 7 heteroatoms. The van der Waals surface area contributed by atoms with Crippen molar-refractivity contribution in [3.05, 3.63) is 51.9 Å². The first kappa shape index (κ1) is 20.7. The van der Waals surface area contributed by atoms with Crippen molar-refractivity contribution < 1.29 is 28.9 Å². The Labute approximate surface area is 156 Å². The lowest BCUT2D eigenvalue weighted by molar-refractivity contribution is -0.163. The number of carbonyl (C=O) groups excluding carboxylic acids is 1. The second-order valence-corrected chi connectivity index (χ2v) is 6.78. The van der Waals surface area contributed by atoms with Crippen LogP contribution in [0.25, 0.3) is 11.0 Å². The summed E-state index contributed by atoms with van der Waals surface area (Å²) >= 11 is 0. The zero-order chi connectivity index (χ0) is 20.4. The number of esters is 1. The Kier molecular flexibility index (Phi) is 6.08. The van der Waals surface area contributed by atoms with Crippen molar-refractivity contribution in [2.24, 2.45) is 0 Å². The van der Waals surface area contributed by atoms with E-state index in [4.69, 9.17) is 13.9 Å². The van der Waals surface area contributed by atoms with E-state index in [1.54, 1.807) is 32.1 Å². The van der Waals surface area contributed by atoms with Crippen LogP contribution in [-0.4, -0.2) is 35.0 Å².